The monoisotopic (exact) mass is 125 g/mol. The van der Waals surface area contributed by atoms with Crippen molar-refractivity contribution in [3.63, 3.8) is 0 Å². The summed E-state index contributed by atoms with van der Waals surface area (Å²) in [4.78, 5) is 4.50. The van der Waals surface area contributed by atoms with Crippen LogP contribution in [-0.4, -0.2) is 6.61 Å². The van der Waals surface area contributed by atoms with Gasteiger partial charge in [0.1, 0.15) is 0 Å². The van der Waals surface area contributed by atoms with E-state index in [1.807, 2.05) is 12.2 Å². The summed E-state index contributed by atoms with van der Waals surface area (Å²) in [5.41, 5.74) is 0. The van der Waals surface area contributed by atoms with Gasteiger partial charge in [-0.05, 0) is 6.42 Å². The summed E-state index contributed by atoms with van der Waals surface area (Å²) >= 11 is 0. The lowest BCUT2D eigenvalue weighted by Gasteiger charge is -2.09. The summed E-state index contributed by atoms with van der Waals surface area (Å²) in [6, 6.07) is 0. The quantitative estimate of drug-likeness (QED) is 0.559. The third kappa shape index (κ3) is 2.00. The van der Waals surface area contributed by atoms with Crippen molar-refractivity contribution in [3.05, 3.63) is 24.3 Å². The molecule has 0 aromatic carbocycles. The Morgan fingerprint density at radius 2 is 2.44 bits per heavy atom. The van der Waals surface area contributed by atoms with Crippen LogP contribution in [0.2, 0.25) is 0 Å². The molecule has 2 heteroatoms. The molecule has 0 saturated heterocycles. The maximum absolute atomic E-state index is 4.90. The molecule has 1 atom stereocenters. The van der Waals surface area contributed by atoms with E-state index in [1.165, 1.54) is 0 Å². The number of rotatable bonds is 2. The van der Waals surface area contributed by atoms with Crippen molar-refractivity contribution in [2.24, 2.45) is 11.8 Å². The van der Waals surface area contributed by atoms with Crippen LogP contribution in [0.5, 0.6) is 0 Å². The summed E-state index contributed by atoms with van der Waals surface area (Å²) < 4.78 is 0. The summed E-state index contributed by atoms with van der Waals surface area (Å²) in [5, 5.41) is 0. The van der Waals surface area contributed by atoms with E-state index in [-0.39, 0.29) is 0 Å². The molecule has 2 nitrogen and oxygen atoms in total. The van der Waals surface area contributed by atoms with Crippen LogP contribution in [0.4, 0.5) is 0 Å². The number of hydrogen-bond acceptors (Lipinski definition) is 2. The van der Waals surface area contributed by atoms with Crippen LogP contribution < -0.4 is 5.90 Å². The van der Waals surface area contributed by atoms with E-state index in [0.717, 1.165) is 6.42 Å². The predicted molar refractivity (Wildman–Crippen MR) is 36.5 cm³/mol. The zero-order valence-corrected chi connectivity index (χ0v) is 5.29. The lowest BCUT2D eigenvalue weighted by Crippen LogP contribution is -2.11. The first kappa shape index (κ1) is 6.52. The summed E-state index contributed by atoms with van der Waals surface area (Å²) in [6.45, 7) is 0.626. The summed E-state index contributed by atoms with van der Waals surface area (Å²) in [5.74, 6) is 5.39. The second kappa shape index (κ2) is 3.43. The van der Waals surface area contributed by atoms with E-state index in [4.69, 9.17) is 5.90 Å². The van der Waals surface area contributed by atoms with Crippen LogP contribution in [0.3, 0.4) is 0 Å². The van der Waals surface area contributed by atoms with Gasteiger partial charge in [-0.3, -0.25) is 0 Å². The third-order valence-electron chi connectivity index (χ3n) is 1.38. The second-order valence-corrected chi connectivity index (χ2v) is 2.14. The van der Waals surface area contributed by atoms with Gasteiger partial charge in [0.05, 0.1) is 6.61 Å². The number of hydrogen-bond donors (Lipinski definition) is 1. The SMILES string of the molecule is NOCC1C=CC=CC1. The smallest absolute Gasteiger partial charge is 0.0744 e. The molecule has 1 unspecified atom stereocenters. The molecule has 0 saturated carbocycles. The van der Waals surface area contributed by atoms with E-state index < -0.39 is 0 Å². The molecule has 0 aliphatic heterocycles. The fourth-order valence-corrected chi connectivity index (χ4v) is 0.879. The maximum Gasteiger partial charge on any atom is 0.0744 e. The normalized spacial score (nSPS) is 24.8. The van der Waals surface area contributed by atoms with Gasteiger partial charge in [0.25, 0.3) is 0 Å². The van der Waals surface area contributed by atoms with E-state index in [1.54, 1.807) is 0 Å². The molecule has 9 heavy (non-hydrogen) atoms. The third-order valence-corrected chi connectivity index (χ3v) is 1.38. The van der Waals surface area contributed by atoms with Crippen LogP contribution in [-0.2, 0) is 4.84 Å². The molecular weight excluding hydrogens is 114 g/mol. The lowest BCUT2D eigenvalue weighted by atomic mass is 10.0. The predicted octanol–water partition coefficient (Wildman–Crippen LogP) is 1.01. The van der Waals surface area contributed by atoms with Crippen molar-refractivity contribution < 1.29 is 4.84 Å². The van der Waals surface area contributed by atoms with Gasteiger partial charge in [0.2, 0.25) is 0 Å². The van der Waals surface area contributed by atoms with Crippen LogP contribution >= 0.6 is 0 Å². The Balaban J connectivity index is 2.28. The fourth-order valence-electron chi connectivity index (χ4n) is 0.879. The Kier molecular flexibility index (Phi) is 2.48. The molecule has 0 aromatic heterocycles. The Morgan fingerprint density at radius 1 is 1.56 bits per heavy atom. The Labute approximate surface area is 55.0 Å². The first-order chi connectivity index (χ1) is 4.43. The maximum atomic E-state index is 4.90. The van der Waals surface area contributed by atoms with Crippen molar-refractivity contribution in [1.29, 1.82) is 0 Å². The molecule has 1 aliphatic carbocycles. The largest absolute Gasteiger partial charge is 0.304 e. The highest BCUT2D eigenvalue weighted by atomic mass is 16.6. The molecule has 0 spiro atoms. The van der Waals surface area contributed by atoms with Crippen LogP contribution in [0.1, 0.15) is 6.42 Å². The molecule has 0 aromatic rings. The minimum atomic E-state index is 0.486. The zero-order chi connectivity index (χ0) is 6.53. The van der Waals surface area contributed by atoms with E-state index in [0.29, 0.717) is 12.5 Å². The molecule has 0 fully saturated rings. The summed E-state index contributed by atoms with van der Waals surface area (Å²) in [6.07, 6.45) is 9.32. The van der Waals surface area contributed by atoms with Gasteiger partial charge < -0.3 is 4.84 Å². The van der Waals surface area contributed by atoms with Crippen molar-refractivity contribution in [1.82, 2.24) is 0 Å². The molecule has 1 aliphatic rings. The van der Waals surface area contributed by atoms with Gasteiger partial charge in [-0.15, -0.1) is 0 Å². The molecule has 2 N–H and O–H groups in total. The van der Waals surface area contributed by atoms with Gasteiger partial charge >= 0.3 is 0 Å². The Hall–Kier alpha value is -0.600. The molecule has 1 rings (SSSR count). The minimum Gasteiger partial charge on any atom is -0.304 e. The summed E-state index contributed by atoms with van der Waals surface area (Å²) in [7, 11) is 0. The second-order valence-electron chi connectivity index (χ2n) is 2.14. The van der Waals surface area contributed by atoms with Gasteiger partial charge in [-0.25, -0.2) is 5.90 Å². The highest BCUT2D eigenvalue weighted by Crippen LogP contribution is 2.10. The molecule has 0 radical (unpaired) electrons. The number of allylic oxidation sites excluding steroid dienone is 3. The standard InChI is InChI=1S/C7H11NO/c8-9-6-7-4-2-1-3-5-7/h1-4,7H,5-6,8H2. The van der Waals surface area contributed by atoms with Crippen molar-refractivity contribution >= 4 is 0 Å². The lowest BCUT2D eigenvalue weighted by molar-refractivity contribution is 0.115. The highest BCUT2D eigenvalue weighted by molar-refractivity contribution is 5.10. The average Bonchev–Trinajstić information content (AvgIpc) is 1.91. The van der Waals surface area contributed by atoms with E-state index >= 15 is 0 Å². The molecular formula is C7H11NO. The van der Waals surface area contributed by atoms with Crippen LogP contribution in [0, 0.1) is 5.92 Å². The molecule has 0 heterocycles. The molecule has 50 valence electrons. The molecule has 0 amide bonds. The highest BCUT2D eigenvalue weighted by Gasteiger charge is 2.02. The first-order valence-corrected chi connectivity index (χ1v) is 3.08. The van der Waals surface area contributed by atoms with Gasteiger partial charge in [0.15, 0.2) is 0 Å². The van der Waals surface area contributed by atoms with Gasteiger partial charge in [-0.2, -0.15) is 0 Å². The average molecular weight is 125 g/mol. The Bertz CT molecular complexity index is 129. The topological polar surface area (TPSA) is 35.2 Å². The van der Waals surface area contributed by atoms with Crippen LogP contribution in [0.15, 0.2) is 24.3 Å². The van der Waals surface area contributed by atoms with E-state index in [9.17, 15) is 0 Å². The van der Waals surface area contributed by atoms with Crippen molar-refractivity contribution in [2.75, 3.05) is 6.61 Å². The van der Waals surface area contributed by atoms with Gasteiger partial charge in [0, 0.05) is 5.92 Å². The first-order valence-electron chi connectivity index (χ1n) is 3.08. The zero-order valence-electron chi connectivity index (χ0n) is 5.29. The van der Waals surface area contributed by atoms with Gasteiger partial charge in [-0.1, -0.05) is 24.3 Å². The molecule has 0 bridgehead atoms. The number of nitrogens with two attached hydrogens (primary N) is 1. The Morgan fingerprint density at radius 3 is 3.00 bits per heavy atom. The van der Waals surface area contributed by atoms with Crippen LogP contribution in [0.25, 0.3) is 0 Å². The van der Waals surface area contributed by atoms with Crippen molar-refractivity contribution in [3.8, 4) is 0 Å². The fraction of sp³-hybridized carbons (Fsp3) is 0.429. The minimum absolute atomic E-state index is 0.486. The van der Waals surface area contributed by atoms with Crippen molar-refractivity contribution in [2.45, 2.75) is 6.42 Å². The van der Waals surface area contributed by atoms with E-state index in [2.05, 4.69) is 17.0 Å².